The SMILES string of the molecule is O=c1[nH]ccnc1-n1cccnc1=O. The Hall–Kier alpha value is -2.24. The van der Waals surface area contributed by atoms with E-state index in [2.05, 4.69) is 15.0 Å². The van der Waals surface area contributed by atoms with E-state index in [0.29, 0.717) is 0 Å². The Bertz CT molecular complexity index is 506. The third kappa shape index (κ3) is 1.33. The van der Waals surface area contributed by atoms with Crippen molar-refractivity contribution >= 4 is 0 Å². The van der Waals surface area contributed by atoms with Gasteiger partial charge in [0.15, 0.2) is 0 Å². The van der Waals surface area contributed by atoms with Crippen LogP contribution in [0.25, 0.3) is 5.82 Å². The van der Waals surface area contributed by atoms with Crippen molar-refractivity contribution in [2.75, 3.05) is 0 Å². The van der Waals surface area contributed by atoms with Crippen LogP contribution in [0.3, 0.4) is 0 Å². The summed E-state index contributed by atoms with van der Waals surface area (Å²) in [6.45, 7) is 0. The third-order valence-electron chi connectivity index (χ3n) is 1.63. The molecule has 0 spiro atoms. The van der Waals surface area contributed by atoms with Crippen LogP contribution in [0.1, 0.15) is 0 Å². The van der Waals surface area contributed by atoms with Crippen molar-refractivity contribution < 1.29 is 0 Å². The third-order valence-corrected chi connectivity index (χ3v) is 1.63. The molecule has 1 N–H and O–H groups in total. The van der Waals surface area contributed by atoms with E-state index >= 15 is 0 Å². The van der Waals surface area contributed by atoms with Gasteiger partial charge in [-0.1, -0.05) is 0 Å². The number of aromatic nitrogens is 4. The molecule has 0 saturated carbocycles. The zero-order valence-electron chi connectivity index (χ0n) is 7.04. The van der Waals surface area contributed by atoms with Crippen molar-refractivity contribution in [1.82, 2.24) is 19.5 Å². The minimum absolute atomic E-state index is 0.0191. The molecule has 6 heteroatoms. The topological polar surface area (TPSA) is 80.6 Å². The first-order chi connectivity index (χ1) is 6.79. The fourth-order valence-corrected chi connectivity index (χ4v) is 1.03. The summed E-state index contributed by atoms with van der Waals surface area (Å²) in [7, 11) is 0. The molecule has 0 fully saturated rings. The van der Waals surface area contributed by atoms with Crippen LogP contribution in [0, 0.1) is 0 Å². The Morgan fingerprint density at radius 1 is 1.21 bits per heavy atom. The van der Waals surface area contributed by atoms with E-state index in [0.717, 1.165) is 4.57 Å². The summed E-state index contributed by atoms with van der Waals surface area (Å²) >= 11 is 0. The quantitative estimate of drug-likeness (QED) is 0.645. The number of hydrogen-bond donors (Lipinski definition) is 1. The summed E-state index contributed by atoms with van der Waals surface area (Å²) in [6.07, 6.45) is 5.59. The van der Waals surface area contributed by atoms with Gasteiger partial charge in [0.1, 0.15) is 0 Å². The second-order valence-electron chi connectivity index (χ2n) is 2.51. The lowest BCUT2D eigenvalue weighted by molar-refractivity contribution is 0.858. The Morgan fingerprint density at radius 3 is 2.79 bits per heavy atom. The average Bonchev–Trinajstić information content (AvgIpc) is 2.20. The van der Waals surface area contributed by atoms with Gasteiger partial charge in [0, 0.05) is 24.8 Å². The highest BCUT2D eigenvalue weighted by atomic mass is 16.1. The molecular formula is C8H6N4O2. The van der Waals surface area contributed by atoms with Crippen LogP contribution in [-0.2, 0) is 0 Å². The van der Waals surface area contributed by atoms with E-state index in [1.807, 2.05) is 0 Å². The van der Waals surface area contributed by atoms with E-state index in [1.54, 1.807) is 6.07 Å². The molecule has 2 heterocycles. The van der Waals surface area contributed by atoms with Crippen LogP contribution in [0.5, 0.6) is 0 Å². The van der Waals surface area contributed by atoms with E-state index in [9.17, 15) is 9.59 Å². The van der Waals surface area contributed by atoms with Crippen LogP contribution in [0.15, 0.2) is 40.4 Å². The first-order valence-corrected chi connectivity index (χ1v) is 3.87. The molecule has 0 radical (unpaired) electrons. The van der Waals surface area contributed by atoms with Gasteiger partial charge >= 0.3 is 5.69 Å². The van der Waals surface area contributed by atoms with Crippen molar-refractivity contribution in [3.63, 3.8) is 0 Å². The van der Waals surface area contributed by atoms with E-state index in [-0.39, 0.29) is 5.82 Å². The summed E-state index contributed by atoms with van der Waals surface area (Å²) in [5.41, 5.74) is -0.959. The molecule has 70 valence electrons. The van der Waals surface area contributed by atoms with Crippen LogP contribution in [0.2, 0.25) is 0 Å². The molecular weight excluding hydrogens is 184 g/mol. The first-order valence-electron chi connectivity index (χ1n) is 3.87. The summed E-state index contributed by atoms with van der Waals surface area (Å²) in [4.78, 5) is 32.2. The molecule has 0 amide bonds. The van der Waals surface area contributed by atoms with Gasteiger partial charge in [0.25, 0.3) is 5.56 Å². The van der Waals surface area contributed by atoms with Crippen molar-refractivity contribution in [3.05, 3.63) is 51.7 Å². The molecule has 0 aliphatic carbocycles. The molecule has 2 rings (SSSR count). The minimum atomic E-state index is -0.531. The van der Waals surface area contributed by atoms with Crippen molar-refractivity contribution in [2.45, 2.75) is 0 Å². The maximum Gasteiger partial charge on any atom is 0.353 e. The van der Waals surface area contributed by atoms with E-state index in [1.165, 1.54) is 24.8 Å². The monoisotopic (exact) mass is 190 g/mol. The predicted octanol–water partition coefficient (Wildman–Crippen LogP) is -0.684. The molecule has 2 aromatic heterocycles. The average molecular weight is 190 g/mol. The highest BCUT2D eigenvalue weighted by Crippen LogP contribution is 1.88. The molecule has 0 atom stereocenters. The number of nitrogens with zero attached hydrogens (tertiary/aromatic N) is 3. The van der Waals surface area contributed by atoms with Crippen molar-refractivity contribution in [3.8, 4) is 5.82 Å². The van der Waals surface area contributed by atoms with Crippen molar-refractivity contribution in [1.29, 1.82) is 0 Å². The molecule has 0 unspecified atom stereocenters. The second kappa shape index (κ2) is 3.25. The van der Waals surface area contributed by atoms with Gasteiger partial charge in [-0.2, -0.15) is 0 Å². The predicted molar refractivity (Wildman–Crippen MR) is 48.2 cm³/mol. The van der Waals surface area contributed by atoms with Crippen LogP contribution in [0.4, 0.5) is 0 Å². The highest BCUT2D eigenvalue weighted by Gasteiger charge is 2.03. The second-order valence-corrected chi connectivity index (χ2v) is 2.51. The molecule has 6 nitrogen and oxygen atoms in total. The van der Waals surface area contributed by atoms with Crippen LogP contribution < -0.4 is 11.2 Å². The van der Waals surface area contributed by atoms with Gasteiger partial charge in [-0.25, -0.2) is 19.3 Å². The normalized spacial score (nSPS) is 10.0. The number of rotatable bonds is 1. The van der Waals surface area contributed by atoms with Gasteiger partial charge in [0.05, 0.1) is 0 Å². The largest absolute Gasteiger partial charge is 0.353 e. The lowest BCUT2D eigenvalue weighted by Crippen LogP contribution is -2.26. The van der Waals surface area contributed by atoms with Crippen LogP contribution >= 0.6 is 0 Å². The van der Waals surface area contributed by atoms with Gasteiger partial charge in [-0.15, -0.1) is 0 Å². The summed E-state index contributed by atoms with van der Waals surface area (Å²) < 4.78 is 1.08. The zero-order valence-corrected chi connectivity index (χ0v) is 7.04. The smallest absolute Gasteiger partial charge is 0.324 e. The Balaban J connectivity index is 2.74. The molecule has 0 aromatic carbocycles. The Kier molecular flexibility index (Phi) is 1.94. The van der Waals surface area contributed by atoms with Gasteiger partial charge in [-0.3, -0.25) is 4.79 Å². The number of H-pyrrole nitrogens is 1. The minimum Gasteiger partial charge on any atom is -0.324 e. The van der Waals surface area contributed by atoms with Crippen LogP contribution in [-0.4, -0.2) is 19.5 Å². The summed E-state index contributed by atoms with van der Waals surface area (Å²) in [5, 5.41) is 0. The summed E-state index contributed by atoms with van der Waals surface area (Å²) in [5.74, 6) is 0.0191. The zero-order chi connectivity index (χ0) is 9.97. The van der Waals surface area contributed by atoms with Gasteiger partial charge in [0.2, 0.25) is 5.82 Å². The maximum atomic E-state index is 11.3. The lowest BCUT2D eigenvalue weighted by atomic mass is 10.6. The Morgan fingerprint density at radius 2 is 2.07 bits per heavy atom. The number of nitrogens with one attached hydrogen (secondary N) is 1. The number of aromatic amines is 1. The lowest BCUT2D eigenvalue weighted by Gasteiger charge is -1.99. The molecule has 0 saturated heterocycles. The van der Waals surface area contributed by atoms with Crippen molar-refractivity contribution in [2.24, 2.45) is 0 Å². The van der Waals surface area contributed by atoms with E-state index in [4.69, 9.17) is 0 Å². The Labute approximate surface area is 77.9 Å². The highest BCUT2D eigenvalue weighted by molar-refractivity contribution is 5.16. The van der Waals surface area contributed by atoms with Gasteiger partial charge < -0.3 is 4.98 Å². The van der Waals surface area contributed by atoms with Gasteiger partial charge in [-0.05, 0) is 6.07 Å². The van der Waals surface area contributed by atoms with E-state index < -0.39 is 11.2 Å². The fraction of sp³-hybridized carbons (Fsp3) is 0. The number of hydrogen-bond acceptors (Lipinski definition) is 4. The standard InChI is InChI=1S/C8H6N4O2/c13-7-6(9-3-4-10-7)12-5-1-2-11-8(12)14/h1-5H,(H,10,13). The maximum absolute atomic E-state index is 11.3. The molecule has 14 heavy (non-hydrogen) atoms. The summed E-state index contributed by atoms with van der Waals surface area (Å²) in [6, 6.07) is 1.55. The molecule has 0 aliphatic heterocycles. The molecule has 0 bridgehead atoms. The fourth-order valence-electron chi connectivity index (χ4n) is 1.03. The first kappa shape index (κ1) is 8.36. The molecule has 0 aliphatic rings. The molecule has 2 aromatic rings.